The number of hydrogen-bond acceptors (Lipinski definition) is 6. The van der Waals surface area contributed by atoms with Crippen LogP contribution in [-0.4, -0.2) is 38.0 Å². The fraction of sp³-hybridized carbons (Fsp3) is 0.318. The number of ether oxygens (including phenoxy) is 3. The van der Waals surface area contributed by atoms with Gasteiger partial charge in [-0.15, -0.1) is 0 Å². The highest BCUT2D eigenvalue weighted by molar-refractivity contribution is 6.02. The second kappa shape index (κ2) is 7.48. The maximum absolute atomic E-state index is 12.1. The molecule has 0 aliphatic carbocycles. The van der Waals surface area contributed by atoms with E-state index >= 15 is 0 Å². The molecule has 2 atom stereocenters. The zero-order valence-electron chi connectivity index (χ0n) is 15.3. The van der Waals surface area contributed by atoms with Crippen molar-refractivity contribution in [3.63, 3.8) is 0 Å². The molecule has 2 fully saturated rings. The molecule has 0 saturated carbocycles. The van der Waals surface area contributed by atoms with Crippen molar-refractivity contribution in [2.75, 3.05) is 19.8 Å². The highest BCUT2D eigenvalue weighted by Gasteiger charge is 2.27. The van der Waals surface area contributed by atoms with Gasteiger partial charge < -0.3 is 14.2 Å². The lowest BCUT2D eigenvalue weighted by atomic mass is 9.99. The van der Waals surface area contributed by atoms with Gasteiger partial charge in [-0.2, -0.15) is 0 Å². The molecule has 2 saturated heterocycles. The van der Waals surface area contributed by atoms with Gasteiger partial charge >= 0.3 is 5.97 Å². The van der Waals surface area contributed by atoms with Gasteiger partial charge in [0.2, 0.25) is 0 Å². The average Bonchev–Trinajstić information content (AvgIpc) is 3.60. The minimum Gasteiger partial charge on any atom is -0.426 e. The van der Waals surface area contributed by atoms with Crippen LogP contribution in [-0.2, 0) is 30.7 Å². The molecule has 2 heterocycles. The molecule has 28 heavy (non-hydrogen) atoms. The second-order valence-corrected chi connectivity index (χ2v) is 7.10. The second-order valence-electron chi connectivity index (χ2n) is 7.10. The molecule has 0 amide bonds. The number of benzene rings is 3. The molecule has 2 unspecified atom stereocenters. The Kier molecular flexibility index (Phi) is 4.70. The Hall–Kier alpha value is -2.51. The van der Waals surface area contributed by atoms with Gasteiger partial charge in [-0.05, 0) is 39.9 Å². The fourth-order valence-electron chi connectivity index (χ4n) is 3.23. The van der Waals surface area contributed by atoms with Gasteiger partial charge in [-0.1, -0.05) is 30.3 Å². The van der Waals surface area contributed by atoms with Crippen molar-refractivity contribution in [3.05, 3.63) is 54.1 Å². The third-order valence-corrected chi connectivity index (χ3v) is 4.90. The Labute approximate surface area is 161 Å². The Morgan fingerprint density at radius 3 is 2.43 bits per heavy atom. The lowest BCUT2D eigenvalue weighted by molar-refractivity contribution is -0.305. The van der Waals surface area contributed by atoms with Crippen LogP contribution in [0, 0.1) is 0 Å². The Balaban J connectivity index is 1.40. The topological polar surface area (TPSA) is 69.8 Å². The number of rotatable bonds is 8. The van der Waals surface area contributed by atoms with Crippen LogP contribution >= 0.6 is 0 Å². The van der Waals surface area contributed by atoms with E-state index in [2.05, 4.69) is 6.07 Å². The van der Waals surface area contributed by atoms with Crippen LogP contribution in [0.2, 0.25) is 0 Å². The molecule has 2 aliphatic rings. The summed E-state index contributed by atoms with van der Waals surface area (Å²) < 4.78 is 15.8. The zero-order valence-corrected chi connectivity index (χ0v) is 15.3. The van der Waals surface area contributed by atoms with Crippen LogP contribution in [0.1, 0.15) is 12.0 Å². The van der Waals surface area contributed by atoms with Crippen LogP contribution in [0.3, 0.4) is 0 Å². The number of carbonyl (C=O) groups excluding carboxylic acids is 1. The van der Waals surface area contributed by atoms with E-state index in [1.807, 2.05) is 42.5 Å². The molecule has 144 valence electrons. The first-order valence-electron chi connectivity index (χ1n) is 9.39. The van der Waals surface area contributed by atoms with Crippen LogP contribution in [0.15, 0.2) is 48.5 Å². The summed E-state index contributed by atoms with van der Waals surface area (Å²) in [7, 11) is 0. The Morgan fingerprint density at radius 1 is 0.929 bits per heavy atom. The van der Waals surface area contributed by atoms with E-state index in [0.717, 1.165) is 33.7 Å². The van der Waals surface area contributed by atoms with Crippen molar-refractivity contribution >= 4 is 27.5 Å². The Bertz CT molecular complexity index is 1020. The average molecular weight is 380 g/mol. The minimum atomic E-state index is -0.269. The zero-order chi connectivity index (χ0) is 18.9. The van der Waals surface area contributed by atoms with Crippen molar-refractivity contribution < 1.29 is 28.8 Å². The highest BCUT2D eigenvalue weighted by atomic mass is 17.2. The lowest BCUT2D eigenvalue weighted by Gasteiger charge is -2.11. The molecule has 0 radical (unpaired) electrons. The number of esters is 1. The summed E-state index contributed by atoms with van der Waals surface area (Å²) in [5, 5.41) is 4.03. The first kappa shape index (κ1) is 17.6. The number of carbonyl (C=O) groups is 1. The molecule has 2 aliphatic heterocycles. The molecule has 5 rings (SSSR count). The van der Waals surface area contributed by atoms with Crippen molar-refractivity contribution in [2.24, 2.45) is 0 Å². The summed E-state index contributed by atoms with van der Waals surface area (Å²) in [6, 6.07) is 15.9. The first-order chi connectivity index (χ1) is 13.8. The molecule has 0 aromatic heterocycles. The molecule has 6 nitrogen and oxygen atoms in total. The maximum atomic E-state index is 12.1. The molecule has 0 N–H and O–H groups in total. The van der Waals surface area contributed by atoms with Crippen LogP contribution in [0.5, 0.6) is 5.75 Å². The van der Waals surface area contributed by atoms with Gasteiger partial charge in [0.25, 0.3) is 0 Å². The standard InChI is InChI=1S/C22H20O6/c23-22(9-17-11-24-17)28-21-6-2-4-15-7-19-14(8-20(15)21)3-1-5-16(19)10-26-27-13-18-12-25-18/h1-8,17-18H,9-13H2. The number of epoxide rings is 2. The first-order valence-corrected chi connectivity index (χ1v) is 9.39. The maximum Gasteiger partial charge on any atom is 0.313 e. The summed E-state index contributed by atoms with van der Waals surface area (Å²) >= 11 is 0. The molecule has 0 bridgehead atoms. The van der Waals surface area contributed by atoms with E-state index in [1.54, 1.807) is 0 Å². The summed E-state index contributed by atoms with van der Waals surface area (Å²) in [4.78, 5) is 22.6. The predicted molar refractivity (Wildman–Crippen MR) is 102 cm³/mol. The quantitative estimate of drug-likeness (QED) is 0.113. The van der Waals surface area contributed by atoms with Gasteiger partial charge in [-0.25, -0.2) is 9.78 Å². The van der Waals surface area contributed by atoms with Crippen LogP contribution < -0.4 is 4.74 Å². The van der Waals surface area contributed by atoms with E-state index in [-0.39, 0.29) is 24.6 Å². The van der Waals surface area contributed by atoms with E-state index in [9.17, 15) is 4.79 Å². The SMILES string of the molecule is O=C(CC1CO1)Oc1cccc2cc3c(COOCC4CO4)cccc3cc12. The lowest BCUT2D eigenvalue weighted by Crippen LogP contribution is -2.10. The van der Waals surface area contributed by atoms with E-state index in [4.69, 9.17) is 24.0 Å². The van der Waals surface area contributed by atoms with E-state index < -0.39 is 0 Å². The Morgan fingerprint density at radius 2 is 1.64 bits per heavy atom. The fourth-order valence-corrected chi connectivity index (χ4v) is 3.23. The molecule has 3 aromatic rings. The van der Waals surface area contributed by atoms with Crippen molar-refractivity contribution in [3.8, 4) is 5.75 Å². The molecule has 3 aromatic carbocycles. The van der Waals surface area contributed by atoms with Gasteiger partial charge in [0.1, 0.15) is 25.1 Å². The van der Waals surface area contributed by atoms with E-state index in [0.29, 0.717) is 25.6 Å². The van der Waals surface area contributed by atoms with Crippen molar-refractivity contribution in [2.45, 2.75) is 25.2 Å². The van der Waals surface area contributed by atoms with Gasteiger partial charge in [-0.3, -0.25) is 4.79 Å². The van der Waals surface area contributed by atoms with Crippen molar-refractivity contribution in [1.82, 2.24) is 0 Å². The highest BCUT2D eigenvalue weighted by Crippen LogP contribution is 2.32. The smallest absolute Gasteiger partial charge is 0.313 e. The largest absolute Gasteiger partial charge is 0.426 e. The molecular formula is C22H20O6. The summed E-state index contributed by atoms with van der Waals surface area (Å²) in [6.45, 7) is 2.18. The van der Waals surface area contributed by atoms with Crippen LogP contribution in [0.4, 0.5) is 0 Å². The van der Waals surface area contributed by atoms with Gasteiger partial charge in [0.15, 0.2) is 0 Å². The predicted octanol–water partition coefficient (Wildman–Crippen LogP) is 3.53. The van der Waals surface area contributed by atoms with Gasteiger partial charge in [0, 0.05) is 5.39 Å². The third-order valence-electron chi connectivity index (χ3n) is 4.90. The summed E-state index contributed by atoms with van der Waals surface area (Å²) in [5.74, 6) is 0.300. The van der Waals surface area contributed by atoms with E-state index in [1.165, 1.54) is 0 Å². The normalized spacial score (nSPS) is 20.4. The summed E-state index contributed by atoms with van der Waals surface area (Å²) in [6.07, 6.45) is 0.473. The molecule has 6 heteroatoms. The monoisotopic (exact) mass is 380 g/mol. The minimum absolute atomic E-state index is 0.0135. The molecule has 0 spiro atoms. The van der Waals surface area contributed by atoms with Gasteiger partial charge in [0.05, 0.1) is 25.7 Å². The number of hydrogen-bond donors (Lipinski definition) is 0. The molecular weight excluding hydrogens is 360 g/mol. The van der Waals surface area contributed by atoms with Crippen molar-refractivity contribution in [1.29, 1.82) is 0 Å². The number of fused-ring (bicyclic) bond motifs is 2. The third kappa shape index (κ3) is 4.00. The summed E-state index contributed by atoms with van der Waals surface area (Å²) in [5.41, 5.74) is 1.03. The van der Waals surface area contributed by atoms with Crippen LogP contribution in [0.25, 0.3) is 21.5 Å².